The Morgan fingerprint density at radius 2 is 2.13 bits per heavy atom. The summed E-state index contributed by atoms with van der Waals surface area (Å²) in [6, 6.07) is 1.84. The molecule has 0 spiro atoms. The first-order valence-corrected chi connectivity index (χ1v) is 6.08. The van der Waals surface area contributed by atoms with Gasteiger partial charge in [0.1, 0.15) is 5.82 Å². The quantitative estimate of drug-likeness (QED) is 0.863. The molecule has 0 atom stereocenters. The summed E-state index contributed by atoms with van der Waals surface area (Å²) in [5.74, 6) is 0.812. The molecule has 2 rings (SSSR count). The summed E-state index contributed by atoms with van der Waals surface area (Å²) in [6.07, 6.45) is 3.14. The van der Waals surface area contributed by atoms with E-state index < -0.39 is 0 Å². The number of pyridine rings is 1. The van der Waals surface area contributed by atoms with E-state index >= 15 is 0 Å². The highest BCUT2D eigenvalue weighted by molar-refractivity contribution is 9.10. The number of aromatic nitrogens is 1. The lowest BCUT2D eigenvalue weighted by Gasteiger charge is -2.30. The van der Waals surface area contributed by atoms with Crippen LogP contribution in [0.3, 0.4) is 0 Å². The van der Waals surface area contributed by atoms with Crippen LogP contribution in [0, 0.1) is 0 Å². The number of rotatable bonds is 1. The summed E-state index contributed by atoms with van der Waals surface area (Å²) in [5.41, 5.74) is 0. The Morgan fingerprint density at radius 3 is 2.73 bits per heavy atom. The van der Waals surface area contributed by atoms with Crippen molar-refractivity contribution in [2.75, 3.05) is 18.0 Å². The maximum Gasteiger partial charge on any atom is 0.147 e. The minimum Gasteiger partial charge on any atom is -0.393 e. The van der Waals surface area contributed by atoms with Gasteiger partial charge in [0, 0.05) is 23.8 Å². The lowest BCUT2D eigenvalue weighted by molar-refractivity contribution is 0.145. The van der Waals surface area contributed by atoms with E-state index in [0.717, 1.165) is 36.2 Å². The molecule has 15 heavy (non-hydrogen) atoms. The Hall–Kier alpha value is -0.320. The summed E-state index contributed by atoms with van der Waals surface area (Å²) in [6.45, 7) is 1.63. The largest absolute Gasteiger partial charge is 0.393 e. The van der Waals surface area contributed by atoms with Gasteiger partial charge in [0.25, 0.3) is 0 Å². The number of anilines is 1. The lowest BCUT2D eigenvalue weighted by atomic mass is 10.1. The van der Waals surface area contributed by atoms with Crippen LogP contribution >= 0.6 is 27.5 Å². The van der Waals surface area contributed by atoms with E-state index in [1.807, 2.05) is 6.07 Å². The van der Waals surface area contributed by atoms with Crippen molar-refractivity contribution in [3.63, 3.8) is 0 Å². The van der Waals surface area contributed by atoms with Crippen molar-refractivity contribution >= 4 is 33.3 Å². The van der Waals surface area contributed by atoms with Gasteiger partial charge in [-0.15, -0.1) is 0 Å². The van der Waals surface area contributed by atoms with Crippen LogP contribution in [-0.2, 0) is 0 Å². The molecule has 82 valence electrons. The van der Waals surface area contributed by atoms with Crippen molar-refractivity contribution in [3.8, 4) is 0 Å². The SMILES string of the molecule is OC1CCN(c2ncc(Br)cc2Cl)CC1. The number of hydrogen-bond acceptors (Lipinski definition) is 3. The Morgan fingerprint density at radius 1 is 1.47 bits per heavy atom. The highest BCUT2D eigenvalue weighted by atomic mass is 79.9. The molecule has 0 radical (unpaired) electrons. The Bertz CT molecular complexity index is 353. The van der Waals surface area contributed by atoms with Crippen LogP contribution in [0.25, 0.3) is 0 Å². The van der Waals surface area contributed by atoms with Crippen molar-refractivity contribution in [1.82, 2.24) is 4.98 Å². The van der Waals surface area contributed by atoms with E-state index in [2.05, 4.69) is 25.8 Å². The standard InChI is InChI=1S/C10H12BrClN2O/c11-7-5-9(12)10(13-6-7)14-3-1-8(15)2-4-14/h5-6,8,15H,1-4H2. The van der Waals surface area contributed by atoms with E-state index in [-0.39, 0.29) is 6.10 Å². The van der Waals surface area contributed by atoms with E-state index in [1.54, 1.807) is 6.20 Å². The third kappa shape index (κ3) is 2.62. The van der Waals surface area contributed by atoms with Crippen molar-refractivity contribution in [2.45, 2.75) is 18.9 Å². The molecule has 1 N–H and O–H groups in total. The summed E-state index contributed by atoms with van der Waals surface area (Å²) in [4.78, 5) is 6.40. The normalized spacial score (nSPS) is 18.2. The zero-order valence-corrected chi connectivity index (χ0v) is 10.5. The van der Waals surface area contributed by atoms with E-state index in [0.29, 0.717) is 5.02 Å². The van der Waals surface area contributed by atoms with Gasteiger partial charge >= 0.3 is 0 Å². The van der Waals surface area contributed by atoms with Gasteiger partial charge in [0.15, 0.2) is 0 Å². The molecule has 1 saturated heterocycles. The fourth-order valence-electron chi connectivity index (χ4n) is 1.72. The van der Waals surface area contributed by atoms with Gasteiger partial charge in [-0.3, -0.25) is 0 Å². The molecule has 1 aromatic rings. The van der Waals surface area contributed by atoms with Crippen LogP contribution in [0.4, 0.5) is 5.82 Å². The Kier molecular flexibility index (Phi) is 3.49. The van der Waals surface area contributed by atoms with Gasteiger partial charge in [-0.05, 0) is 34.8 Å². The average molecular weight is 292 g/mol. The molecule has 1 aliphatic rings. The number of halogens is 2. The van der Waals surface area contributed by atoms with Crippen LogP contribution in [0.15, 0.2) is 16.7 Å². The summed E-state index contributed by atoms with van der Waals surface area (Å²) >= 11 is 9.43. The minimum absolute atomic E-state index is 0.171. The van der Waals surface area contributed by atoms with Crippen molar-refractivity contribution in [3.05, 3.63) is 21.8 Å². The smallest absolute Gasteiger partial charge is 0.147 e. The molecule has 1 aliphatic heterocycles. The second-order valence-electron chi connectivity index (χ2n) is 3.68. The molecule has 0 aromatic carbocycles. The van der Waals surface area contributed by atoms with Gasteiger partial charge in [0.2, 0.25) is 0 Å². The summed E-state index contributed by atoms with van der Waals surface area (Å²) in [5, 5.41) is 10.1. The number of piperidine rings is 1. The van der Waals surface area contributed by atoms with E-state index in [1.165, 1.54) is 0 Å². The topological polar surface area (TPSA) is 36.4 Å². The second kappa shape index (κ2) is 4.68. The van der Waals surface area contributed by atoms with Gasteiger partial charge in [-0.1, -0.05) is 11.6 Å². The van der Waals surface area contributed by atoms with Crippen molar-refractivity contribution in [1.29, 1.82) is 0 Å². The monoisotopic (exact) mass is 290 g/mol. The molecule has 0 unspecified atom stereocenters. The first kappa shape index (κ1) is 11.2. The molecule has 0 aliphatic carbocycles. The van der Waals surface area contributed by atoms with Crippen molar-refractivity contribution < 1.29 is 5.11 Å². The number of aliphatic hydroxyl groups is 1. The van der Waals surface area contributed by atoms with Crippen molar-refractivity contribution in [2.24, 2.45) is 0 Å². The third-order valence-corrected chi connectivity index (χ3v) is 3.26. The molecule has 3 nitrogen and oxygen atoms in total. The van der Waals surface area contributed by atoms with Gasteiger partial charge in [-0.25, -0.2) is 4.98 Å². The number of aliphatic hydroxyl groups excluding tert-OH is 1. The zero-order valence-electron chi connectivity index (χ0n) is 8.16. The van der Waals surface area contributed by atoms with E-state index in [4.69, 9.17) is 11.6 Å². The highest BCUT2D eigenvalue weighted by Crippen LogP contribution is 2.28. The van der Waals surface area contributed by atoms with Crippen LogP contribution in [0.5, 0.6) is 0 Å². The molecule has 1 fully saturated rings. The third-order valence-electron chi connectivity index (χ3n) is 2.55. The van der Waals surface area contributed by atoms with E-state index in [9.17, 15) is 5.11 Å². The molecular weight excluding hydrogens is 279 g/mol. The minimum atomic E-state index is -0.171. The maximum atomic E-state index is 9.40. The molecule has 5 heteroatoms. The summed E-state index contributed by atoms with van der Waals surface area (Å²) in [7, 11) is 0. The second-order valence-corrected chi connectivity index (χ2v) is 5.00. The fraction of sp³-hybridized carbons (Fsp3) is 0.500. The molecule has 2 heterocycles. The van der Waals surface area contributed by atoms with Gasteiger partial charge < -0.3 is 10.0 Å². The Labute approximate surface area is 102 Å². The molecule has 0 amide bonds. The zero-order chi connectivity index (χ0) is 10.8. The Balaban J connectivity index is 2.15. The number of nitrogens with zero attached hydrogens (tertiary/aromatic N) is 2. The molecular formula is C10H12BrClN2O. The van der Waals surface area contributed by atoms with Crippen LogP contribution in [0.1, 0.15) is 12.8 Å². The molecule has 0 bridgehead atoms. The first-order valence-electron chi connectivity index (χ1n) is 4.91. The average Bonchev–Trinajstić information content (AvgIpc) is 2.20. The van der Waals surface area contributed by atoms with Gasteiger partial charge in [-0.2, -0.15) is 0 Å². The lowest BCUT2D eigenvalue weighted by Crippen LogP contribution is -2.36. The highest BCUT2D eigenvalue weighted by Gasteiger charge is 2.19. The van der Waals surface area contributed by atoms with Crippen LogP contribution < -0.4 is 4.90 Å². The fourth-order valence-corrected chi connectivity index (χ4v) is 2.47. The predicted octanol–water partition coefficient (Wildman–Crippen LogP) is 2.46. The summed E-state index contributed by atoms with van der Waals surface area (Å²) < 4.78 is 0.883. The van der Waals surface area contributed by atoms with Crippen LogP contribution in [0.2, 0.25) is 5.02 Å². The van der Waals surface area contributed by atoms with Gasteiger partial charge in [0.05, 0.1) is 11.1 Å². The molecule has 1 aromatic heterocycles. The number of hydrogen-bond donors (Lipinski definition) is 1. The predicted molar refractivity (Wildman–Crippen MR) is 64.4 cm³/mol. The molecule has 0 saturated carbocycles. The maximum absolute atomic E-state index is 9.40. The van der Waals surface area contributed by atoms with Crippen LogP contribution in [-0.4, -0.2) is 29.3 Å². The first-order chi connectivity index (χ1) is 7.16.